The van der Waals surface area contributed by atoms with Crippen molar-refractivity contribution in [2.75, 3.05) is 6.61 Å². The molecule has 1 aromatic carbocycles. The third-order valence-electron chi connectivity index (χ3n) is 2.40. The van der Waals surface area contributed by atoms with E-state index in [0.717, 1.165) is 5.56 Å². The van der Waals surface area contributed by atoms with Crippen LogP contribution in [0.1, 0.15) is 26.3 Å². The van der Waals surface area contributed by atoms with E-state index in [1.807, 2.05) is 20.8 Å². The van der Waals surface area contributed by atoms with E-state index in [4.69, 9.17) is 0 Å². The third-order valence-corrected chi connectivity index (χ3v) is 2.40. The number of halogens is 1. The van der Waals surface area contributed by atoms with Crippen LogP contribution in [0, 0.1) is 5.82 Å². The maximum atomic E-state index is 12.8. The van der Waals surface area contributed by atoms with Gasteiger partial charge in [0.15, 0.2) is 0 Å². The number of aliphatic hydroxyl groups is 1. The Morgan fingerprint density at radius 1 is 1.33 bits per heavy atom. The maximum Gasteiger partial charge on any atom is 0.123 e. The topological polar surface area (TPSA) is 32.3 Å². The Kier molecular flexibility index (Phi) is 3.83. The molecule has 0 aliphatic rings. The summed E-state index contributed by atoms with van der Waals surface area (Å²) in [6.45, 7) is 5.91. The van der Waals surface area contributed by atoms with Crippen molar-refractivity contribution >= 4 is 0 Å². The highest BCUT2D eigenvalue weighted by atomic mass is 19.1. The molecule has 0 amide bonds. The molecule has 0 aliphatic carbocycles. The van der Waals surface area contributed by atoms with E-state index in [1.54, 1.807) is 12.1 Å². The van der Waals surface area contributed by atoms with Gasteiger partial charge in [-0.2, -0.15) is 0 Å². The lowest BCUT2D eigenvalue weighted by Gasteiger charge is -2.31. The molecule has 1 aromatic rings. The largest absolute Gasteiger partial charge is 0.394 e. The van der Waals surface area contributed by atoms with Gasteiger partial charge in [-0.1, -0.05) is 12.1 Å². The smallest absolute Gasteiger partial charge is 0.123 e. The summed E-state index contributed by atoms with van der Waals surface area (Å²) in [5.41, 5.74) is 0.377. The fourth-order valence-corrected chi connectivity index (χ4v) is 1.68. The SMILES string of the molecule is CC(C)NC(C)(CO)c1ccc(F)cc1. The first-order chi connectivity index (χ1) is 6.98. The van der Waals surface area contributed by atoms with Crippen LogP contribution in [0.3, 0.4) is 0 Å². The van der Waals surface area contributed by atoms with Crippen LogP contribution in [-0.4, -0.2) is 17.8 Å². The Morgan fingerprint density at radius 2 is 1.87 bits per heavy atom. The molecule has 15 heavy (non-hydrogen) atoms. The van der Waals surface area contributed by atoms with Gasteiger partial charge < -0.3 is 10.4 Å². The van der Waals surface area contributed by atoms with Crippen LogP contribution in [0.2, 0.25) is 0 Å². The van der Waals surface area contributed by atoms with Gasteiger partial charge in [0.2, 0.25) is 0 Å². The Balaban J connectivity index is 2.95. The molecule has 84 valence electrons. The van der Waals surface area contributed by atoms with Gasteiger partial charge in [0.05, 0.1) is 12.1 Å². The average molecular weight is 211 g/mol. The standard InChI is InChI=1S/C12H18FNO/c1-9(2)14-12(3,8-15)10-4-6-11(13)7-5-10/h4-7,9,14-15H,8H2,1-3H3. The Hall–Kier alpha value is -0.930. The number of nitrogens with one attached hydrogen (secondary N) is 1. The molecule has 1 atom stereocenters. The van der Waals surface area contributed by atoms with Gasteiger partial charge >= 0.3 is 0 Å². The van der Waals surface area contributed by atoms with Crippen LogP contribution < -0.4 is 5.32 Å². The monoisotopic (exact) mass is 211 g/mol. The van der Waals surface area contributed by atoms with Crippen LogP contribution >= 0.6 is 0 Å². The van der Waals surface area contributed by atoms with Gasteiger partial charge in [-0.05, 0) is 38.5 Å². The molecule has 0 radical (unpaired) electrons. The van der Waals surface area contributed by atoms with Crippen molar-refractivity contribution in [3.05, 3.63) is 35.6 Å². The van der Waals surface area contributed by atoms with Crippen molar-refractivity contribution in [2.24, 2.45) is 0 Å². The second-order valence-electron chi connectivity index (χ2n) is 4.30. The highest BCUT2D eigenvalue weighted by Crippen LogP contribution is 2.21. The summed E-state index contributed by atoms with van der Waals surface area (Å²) in [4.78, 5) is 0. The summed E-state index contributed by atoms with van der Waals surface area (Å²) in [6, 6.07) is 6.46. The molecule has 0 fully saturated rings. The minimum atomic E-state index is -0.512. The van der Waals surface area contributed by atoms with Crippen molar-refractivity contribution in [3.8, 4) is 0 Å². The van der Waals surface area contributed by atoms with E-state index in [2.05, 4.69) is 5.32 Å². The van der Waals surface area contributed by atoms with E-state index < -0.39 is 5.54 Å². The highest BCUT2D eigenvalue weighted by Gasteiger charge is 2.25. The predicted octanol–water partition coefficient (Wildman–Crippen LogP) is 2.03. The molecule has 0 spiro atoms. The second kappa shape index (κ2) is 4.73. The summed E-state index contributed by atoms with van der Waals surface area (Å²) in [6.07, 6.45) is 0. The van der Waals surface area contributed by atoms with Crippen molar-refractivity contribution < 1.29 is 9.50 Å². The molecule has 3 heteroatoms. The molecule has 0 bridgehead atoms. The third kappa shape index (κ3) is 3.01. The average Bonchev–Trinajstić information content (AvgIpc) is 2.17. The molecule has 0 heterocycles. The summed E-state index contributed by atoms with van der Waals surface area (Å²) < 4.78 is 12.8. The number of hydrogen-bond donors (Lipinski definition) is 2. The van der Waals surface area contributed by atoms with Gasteiger partial charge in [0.1, 0.15) is 5.82 Å². The molecule has 0 saturated heterocycles. The number of hydrogen-bond acceptors (Lipinski definition) is 2. The van der Waals surface area contributed by atoms with Crippen LogP contribution in [0.4, 0.5) is 4.39 Å². The zero-order chi connectivity index (χ0) is 11.5. The molecule has 1 unspecified atom stereocenters. The van der Waals surface area contributed by atoms with E-state index in [1.165, 1.54) is 12.1 Å². The summed E-state index contributed by atoms with van der Waals surface area (Å²) in [5.74, 6) is -0.261. The number of benzene rings is 1. The normalized spacial score (nSPS) is 15.3. The van der Waals surface area contributed by atoms with Gasteiger partial charge in [0, 0.05) is 6.04 Å². The molecular weight excluding hydrogens is 193 g/mol. The minimum Gasteiger partial charge on any atom is -0.394 e. The van der Waals surface area contributed by atoms with Gasteiger partial charge in [-0.15, -0.1) is 0 Å². The maximum absolute atomic E-state index is 12.8. The fourth-order valence-electron chi connectivity index (χ4n) is 1.68. The lowest BCUT2D eigenvalue weighted by molar-refractivity contribution is 0.166. The van der Waals surface area contributed by atoms with Gasteiger partial charge in [-0.25, -0.2) is 4.39 Å². The van der Waals surface area contributed by atoms with Gasteiger partial charge in [0.25, 0.3) is 0 Å². The van der Waals surface area contributed by atoms with E-state index in [-0.39, 0.29) is 18.5 Å². The number of rotatable bonds is 4. The molecular formula is C12H18FNO. The zero-order valence-corrected chi connectivity index (χ0v) is 9.42. The van der Waals surface area contributed by atoms with Crippen molar-refractivity contribution in [1.82, 2.24) is 5.32 Å². The lowest BCUT2D eigenvalue weighted by atomic mass is 9.92. The fraction of sp³-hybridized carbons (Fsp3) is 0.500. The summed E-state index contributed by atoms with van der Waals surface area (Å²) >= 11 is 0. The van der Waals surface area contributed by atoms with Crippen molar-refractivity contribution in [2.45, 2.75) is 32.4 Å². The molecule has 0 saturated carbocycles. The Bertz CT molecular complexity index is 310. The van der Waals surface area contributed by atoms with E-state index >= 15 is 0 Å². The highest BCUT2D eigenvalue weighted by molar-refractivity contribution is 5.24. The zero-order valence-electron chi connectivity index (χ0n) is 9.42. The first-order valence-corrected chi connectivity index (χ1v) is 5.12. The van der Waals surface area contributed by atoms with Crippen molar-refractivity contribution in [1.29, 1.82) is 0 Å². The first kappa shape index (κ1) is 12.1. The quantitative estimate of drug-likeness (QED) is 0.798. The molecule has 0 aliphatic heterocycles. The van der Waals surface area contributed by atoms with Crippen LogP contribution in [0.5, 0.6) is 0 Å². The molecule has 2 N–H and O–H groups in total. The van der Waals surface area contributed by atoms with Crippen molar-refractivity contribution in [3.63, 3.8) is 0 Å². The first-order valence-electron chi connectivity index (χ1n) is 5.12. The number of aliphatic hydroxyl groups excluding tert-OH is 1. The molecule has 2 nitrogen and oxygen atoms in total. The van der Waals surface area contributed by atoms with E-state index in [0.29, 0.717) is 0 Å². The minimum absolute atomic E-state index is 0.0171. The van der Waals surface area contributed by atoms with Crippen LogP contribution in [0.15, 0.2) is 24.3 Å². The van der Waals surface area contributed by atoms with Crippen LogP contribution in [-0.2, 0) is 5.54 Å². The predicted molar refractivity (Wildman–Crippen MR) is 59.1 cm³/mol. The molecule has 1 rings (SSSR count). The van der Waals surface area contributed by atoms with Crippen LogP contribution in [0.25, 0.3) is 0 Å². The molecule has 0 aromatic heterocycles. The lowest BCUT2D eigenvalue weighted by Crippen LogP contribution is -2.46. The Morgan fingerprint density at radius 3 is 2.27 bits per heavy atom. The summed E-state index contributed by atoms with van der Waals surface area (Å²) in [5, 5.41) is 12.7. The second-order valence-corrected chi connectivity index (χ2v) is 4.30. The van der Waals surface area contributed by atoms with E-state index in [9.17, 15) is 9.50 Å². The Labute approximate surface area is 90.1 Å². The summed E-state index contributed by atoms with van der Waals surface area (Å²) in [7, 11) is 0. The van der Waals surface area contributed by atoms with Gasteiger partial charge in [-0.3, -0.25) is 0 Å².